The first-order valence-corrected chi connectivity index (χ1v) is 11.8. The molecule has 0 saturated heterocycles. The first kappa shape index (κ1) is 28.8. The Kier molecular flexibility index (Phi) is 9.72. The van der Waals surface area contributed by atoms with Crippen molar-refractivity contribution in [2.75, 3.05) is 6.61 Å². The molecule has 3 aromatic rings. The second-order valence-electron chi connectivity index (χ2n) is 8.75. The van der Waals surface area contributed by atoms with E-state index in [-0.39, 0.29) is 12.8 Å². The fourth-order valence-electron chi connectivity index (χ4n) is 3.84. The molecule has 2 aromatic heterocycles. The van der Waals surface area contributed by atoms with Crippen LogP contribution in [0.4, 0.5) is 0 Å². The summed E-state index contributed by atoms with van der Waals surface area (Å²) in [5.74, 6) is -5.43. The second-order valence-corrected chi connectivity index (χ2v) is 8.75. The van der Waals surface area contributed by atoms with E-state index in [0.717, 1.165) is 10.9 Å². The Labute approximate surface area is 221 Å². The number of H-pyrrole nitrogens is 2. The van der Waals surface area contributed by atoms with E-state index in [9.17, 15) is 34.2 Å². The number of aromatic nitrogens is 3. The molecule has 0 aliphatic heterocycles. The van der Waals surface area contributed by atoms with Gasteiger partial charge in [-0.15, -0.1) is 0 Å². The van der Waals surface area contributed by atoms with Crippen LogP contribution in [0.5, 0.6) is 0 Å². The molecule has 0 bridgehead atoms. The summed E-state index contributed by atoms with van der Waals surface area (Å²) in [7, 11) is 0. The number of aliphatic carboxylic acids is 2. The van der Waals surface area contributed by atoms with Crippen LogP contribution in [0.3, 0.4) is 0 Å². The highest BCUT2D eigenvalue weighted by atomic mass is 16.4. The molecule has 0 fully saturated rings. The van der Waals surface area contributed by atoms with Crippen LogP contribution in [0, 0.1) is 0 Å². The number of hydrogen-bond donors (Lipinski definition) is 9. The van der Waals surface area contributed by atoms with E-state index in [1.807, 2.05) is 12.1 Å². The predicted molar refractivity (Wildman–Crippen MR) is 135 cm³/mol. The summed E-state index contributed by atoms with van der Waals surface area (Å²) >= 11 is 0. The maximum Gasteiger partial charge on any atom is 0.326 e. The normalized spacial score (nSPS) is 14.1. The topological polar surface area (TPSA) is 253 Å². The average molecular weight is 544 g/mol. The van der Waals surface area contributed by atoms with E-state index < -0.39 is 66.9 Å². The molecule has 10 N–H and O–H groups in total. The number of carbonyl (C=O) groups excluding carboxylic acids is 3. The lowest BCUT2D eigenvalue weighted by Crippen LogP contribution is -2.58. The number of para-hydroxylation sites is 1. The molecule has 4 unspecified atom stereocenters. The lowest BCUT2D eigenvalue weighted by Gasteiger charge is -2.24. The SMILES string of the molecule is NC(CC(=O)O)C(=O)NC(CO)C(=O)NC(Cc1c[nH]c2ccccc12)C(=O)NC(Cc1cnc[nH]1)C(=O)O. The van der Waals surface area contributed by atoms with Crippen molar-refractivity contribution in [3.05, 3.63) is 54.2 Å². The van der Waals surface area contributed by atoms with Crippen LogP contribution in [0.15, 0.2) is 43.0 Å². The number of aliphatic hydroxyl groups excluding tert-OH is 1. The molecule has 3 amide bonds. The number of carbonyl (C=O) groups is 5. The number of fused-ring (bicyclic) bond motifs is 1. The van der Waals surface area contributed by atoms with Crippen molar-refractivity contribution in [1.82, 2.24) is 30.9 Å². The Hall–Kier alpha value is -4.76. The molecule has 15 nitrogen and oxygen atoms in total. The van der Waals surface area contributed by atoms with Gasteiger partial charge in [0, 0.05) is 41.8 Å². The van der Waals surface area contributed by atoms with E-state index in [2.05, 4.69) is 30.9 Å². The smallest absolute Gasteiger partial charge is 0.326 e. The van der Waals surface area contributed by atoms with Gasteiger partial charge in [0.15, 0.2) is 0 Å². The molecule has 4 atom stereocenters. The zero-order valence-corrected chi connectivity index (χ0v) is 20.6. The monoisotopic (exact) mass is 543 g/mol. The molecular formula is C24H29N7O8. The number of aliphatic hydroxyl groups is 1. The van der Waals surface area contributed by atoms with Crippen molar-refractivity contribution in [2.45, 2.75) is 43.4 Å². The van der Waals surface area contributed by atoms with Gasteiger partial charge in [-0.25, -0.2) is 9.78 Å². The second kappa shape index (κ2) is 13.2. The zero-order valence-electron chi connectivity index (χ0n) is 20.6. The molecule has 3 rings (SSSR count). The molecule has 39 heavy (non-hydrogen) atoms. The van der Waals surface area contributed by atoms with Gasteiger partial charge in [0.1, 0.15) is 18.1 Å². The molecule has 0 aliphatic carbocycles. The van der Waals surface area contributed by atoms with E-state index in [4.69, 9.17) is 10.8 Å². The van der Waals surface area contributed by atoms with Crippen LogP contribution >= 0.6 is 0 Å². The number of benzene rings is 1. The summed E-state index contributed by atoms with van der Waals surface area (Å²) in [6, 6.07) is 1.50. The fraction of sp³-hybridized carbons (Fsp3) is 0.333. The largest absolute Gasteiger partial charge is 0.481 e. The van der Waals surface area contributed by atoms with Gasteiger partial charge in [-0.1, -0.05) is 18.2 Å². The van der Waals surface area contributed by atoms with Crippen molar-refractivity contribution < 1.29 is 39.3 Å². The van der Waals surface area contributed by atoms with Gasteiger partial charge in [0.2, 0.25) is 17.7 Å². The Morgan fingerprint density at radius 1 is 0.897 bits per heavy atom. The van der Waals surface area contributed by atoms with Crippen molar-refractivity contribution in [3.8, 4) is 0 Å². The van der Waals surface area contributed by atoms with Crippen molar-refractivity contribution >= 4 is 40.6 Å². The Morgan fingerprint density at radius 3 is 2.21 bits per heavy atom. The number of aromatic amines is 2. The molecular weight excluding hydrogens is 514 g/mol. The predicted octanol–water partition coefficient (Wildman–Crippen LogP) is -1.99. The third kappa shape index (κ3) is 7.86. The molecule has 0 aliphatic rings. The molecule has 15 heteroatoms. The number of hydrogen-bond acceptors (Lipinski definition) is 8. The van der Waals surface area contributed by atoms with Gasteiger partial charge >= 0.3 is 11.9 Å². The number of amides is 3. The third-order valence-electron chi connectivity index (χ3n) is 5.87. The molecule has 0 spiro atoms. The standard InChI is InChI=1S/C24H29N7O8/c25-15(7-20(33)34)21(35)31-19(10-32)23(37)29-17(5-12-8-27-16-4-2-1-3-14(12)16)22(36)30-18(24(38)39)6-13-9-26-11-28-13/h1-4,8-9,11,15,17-19,27,32H,5-7,10,25H2,(H,26,28)(H,29,37)(H,30,36)(H,31,35)(H,33,34)(H,38,39). The van der Waals surface area contributed by atoms with Gasteiger partial charge in [-0.3, -0.25) is 19.2 Å². The minimum Gasteiger partial charge on any atom is -0.481 e. The number of nitrogens with zero attached hydrogens (tertiary/aromatic N) is 1. The molecule has 0 saturated carbocycles. The van der Waals surface area contributed by atoms with Gasteiger partial charge in [-0.2, -0.15) is 0 Å². The minimum absolute atomic E-state index is 0.0669. The molecule has 2 heterocycles. The van der Waals surface area contributed by atoms with Crippen LogP contribution in [0.2, 0.25) is 0 Å². The first-order chi connectivity index (χ1) is 18.6. The van der Waals surface area contributed by atoms with Gasteiger partial charge in [-0.05, 0) is 11.6 Å². The van der Waals surface area contributed by atoms with E-state index >= 15 is 0 Å². The maximum atomic E-state index is 13.3. The van der Waals surface area contributed by atoms with E-state index in [0.29, 0.717) is 11.3 Å². The Morgan fingerprint density at radius 2 is 1.56 bits per heavy atom. The van der Waals surface area contributed by atoms with Crippen LogP contribution in [-0.2, 0) is 36.8 Å². The number of nitrogens with one attached hydrogen (secondary N) is 5. The summed E-state index contributed by atoms with van der Waals surface area (Å²) in [4.78, 5) is 70.8. The third-order valence-corrected chi connectivity index (χ3v) is 5.87. The lowest BCUT2D eigenvalue weighted by molar-refractivity contribution is -0.142. The Bertz CT molecular complexity index is 1320. The number of imidazole rings is 1. The summed E-state index contributed by atoms with van der Waals surface area (Å²) < 4.78 is 0. The fourth-order valence-corrected chi connectivity index (χ4v) is 3.84. The molecule has 0 radical (unpaired) electrons. The van der Waals surface area contributed by atoms with Crippen LogP contribution < -0.4 is 21.7 Å². The quantitative estimate of drug-likeness (QED) is 0.108. The first-order valence-electron chi connectivity index (χ1n) is 11.8. The average Bonchev–Trinajstić information content (AvgIpc) is 3.55. The maximum absolute atomic E-state index is 13.3. The van der Waals surface area contributed by atoms with Crippen LogP contribution in [0.25, 0.3) is 10.9 Å². The number of carboxylic acids is 2. The molecule has 1 aromatic carbocycles. The van der Waals surface area contributed by atoms with Gasteiger partial charge in [0.25, 0.3) is 0 Å². The highest BCUT2D eigenvalue weighted by Crippen LogP contribution is 2.19. The van der Waals surface area contributed by atoms with Gasteiger partial charge < -0.3 is 47.0 Å². The summed E-state index contributed by atoms with van der Waals surface area (Å²) in [6.45, 7) is -0.879. The highest BCUT2D eigenvalue weighted by Gasteiger charge is 2.31. The number of carboxylic acid groups (broad SMARTS) is 2. The number of rotatable bonds is 14. The summed E-state index contributed by atoms with van der Waals surface area (Å²) in [6.07, 6.45) is 3.55. The number of nitrogens with two attached hydrogens (primary N) is 1. The minimum atomic E-state index is -1.56. The Balaban J connectivity index is 1.80. The summed E-state index contributed by atoms with van der Waals surface area (Å²) in [5.41, 5.74) is 7.39. The van der Waals surface area contributed by atoms with E-state index in [1.54, 1.807) is 18.3 Å². The lowest BCUT2D eigenvalue weighted by atomic mass is 10.0. The zero-order chi connectivity index (χ0) is 28.5. The van der Waals surface area contributed by atoms with Crippen LogP contribution in [0.1, 0.15) is 17.7 Å². The van der Waals surface area contributed by atoms with E-state index in [1.165, 1.54) is 12.5 Å². The van der Waals surface area contributed by atoms with Crippen molar-refractivity contribution in [3.63, 3.8) is 0 Å². The van der Waals surface area contributed by atoms with Crippen molar-refractivity contribution in [2.24, 2.45) is 5.73 Å². The van der Waals surface area contributed by atoms with Crippen molar-refractivity contribution in [1.29, 1.82) is 0 Å². The highest BCUT2D eigenvalue weighted by molar-refractivity contribution is 5.95. The summed E-state index contributed by atoms with van der Waals surface area (Å²) in [5, 5.41) is 36.0. The molecule has 208 valence electrons. The van der Waals surface area contributed by atoms with Gasteiger partial charge in [0.05, 0.1) is 25.4 Å². The van der Waals surface area contributed by atoms with Crippen LogP contribution in [-0.4, -0.2) is 90.7 Å².